The second-order valence-corrected chi connectivity index (χ2v) is 21.9. The molecule has 0 atom stereocenters. The van der Waals surface area contributed by atoms with Crippen LogP contribution in [0.25, 0.3) is 0 Å². The zero-order valence-corrected chi connectivity index (χ0v) is 46.9. The zero-order chi connectivity index (χ0) is 50.6. The van der Waals surface area contributed by atoms with Crippen LogP contribution in [0.4, 0.5) is 0 Å². The number of nitrogens with zero attached hydrogens (tertiary/aromatic N) is 1. The van der Waals surface area contributed by atoms with Gasteiger partial charge in [-0.3, -0.25) is 14.4 Å². The van der Waals surface area contributed by atoms with E-state index in [0.29, 0.717) is 30.3 Å². The number of hydrogen-bond acceptors (Lipinski definition) is 6. The molecule has 0 saturated heterocycles. The van der Waals surface area contributed by atoms with Crippen molar-refractivity contribution in [2.45, 2.75) is 290 Å². The van der Waals surface area contributed by atoms with Crippen molar-refractivity contribution >= 4 is 17.9 Å². The number of quaternary nitrogens is 1. The Balaban J connectivity index is 4.94. The molecule has 0 radical (unpaired) electrons. The third-order valence-electron chi connectivity index (χ3n) is 13.4. The van der Waals surface area contributed by atoms with Crippen molar-refractivity contribution in [3.8, 4) is 0 Å². The first-order valence-corrected chi connectivity index (χ1v) is 29.8. The highest BCUT2D eigenvalue weighted by Gasteiger charge is 2.41. The van der Waals surface area contributed by atoms with E-state index in [1.54, 1.807) is 0 Å². The normalized spacial score (nSPS) is 12.3. The van der Waals surface area contributed by atoms with E-state index < -0.39 is 5.41 Å². The molecule has 0 aliphatic rings. The smallest absolute Gasteiger partial charge is 0.305 e. The zero-order valence-electron chi connectivity index (χ0n) is 46.9. The van der Waals surface area contributed by atoms with Crippen molar-refractivity contribution in [1.82, 2.24) is 0 Å². The van der Waals surface area contributed by atoms with Crippen LogP contribution in [-0.4, -0.2) is 69.9 Å². The summed E-state index contributed by atoms with van der Waals surface area (Å²) in [4.78, 5) is 39.4. The number of esters is 3. The van der Waals surface area contributed by atoms with E-state index in [-0.39, 0.29) is 37.7 Å². The maximum Gasteiger partial charge on any atom is 0.305 e. The lowest BCUT2D eigenvalue weighted by Gasteiger charge is -2.38. The Morgan fingerprint density at radius 1 is 0.319 bits per heavy atom. The number of ether oxygens (including phenoxy) is 3. The molecule has 0 rings (SSSR count). The topological polar surface area (TPSA) is 78.9 Å². The summed E-state index contributed by atoms with van der Waals surface area (Å²) in [6.07, 6.45) is 62.2. The third-order valence-corrected chi connectivity index (χ3v) is 13.4. The maximum absolute atomic E-state index is 13.1. The maximum atomic E-state index is 13.1. The van der Waals surface area contributed by atoms with Gasteiger partial charge in [-0.2, -0.15) is 0 Å². The molecule has 0 spiro atoms. The molecule has 7 nitrogen and oxygen atoms in total. The van der Waals surface area contributed by atoms with E-state index in [1.165, 1.54) is 173 Å². The fourth-order valence-electron chi connectivity index (χ4n) is 9.21. The van der Waals surface area contributed by atoms with Crippen LogP contribution in [-0.2, 0) is 28.6 Å². The summed E-state index contributed by atoms with van der Waals surface area (Å²) < 4.78 is 18.4. The highest BCUT2D eigenvalue weighted by Crippen LogP contribution is 2.25. The van der Waals surface area contributed by atoms with E-state index in [2.05, 4.69) is 78.4 Å². The Morgan fingerprint density at radius 3 is 0.739 bits per heavy atom. The molecule has 0 unspecified atom stereocenters. The number of unbranched alkanes of at least 4 members (excludes halogenated alkanes) is 33. The van der Waals surface area contributed by atoms with Gasteiger partial charge in [-0.05, 0) is 96.3 Å². The van der Waals surface area contributed by atoms with Gasteiger partial charge in [0.1, 0.15) is 25.2 Å². The summed E-state index contributed by atoms with van der Waals surface area (Å²) >= 11 is 0. The predicted octanol–water partition coefficient (Wildman–Crippen LogP) is 18.4. The van der Waals surface area contributed by atoms with Crippen LogP contribution < -0.4 is 0 Å². The average Bonchev–Trinajstić information content (AvgIpc) is 3.32. The van der Waals surface area contributed by atoms with Crippen molar-refractivity contribution in [3.63, 3.8) is 0 Å². The van der Waals surface area contributed by atoms with Gasteiger partial charge in [-0.25, -0.2) is 0 Å². The van der Waals surface area contributed by atoms with Gasteiger partial charge in [0.25, 0.3) is 0 Å². The lowest BCUT2D eigenvalue weighted by atomic mass is 9.89. The number of rotatable bonds is 53. The SMILES string of the molecule is CCCCCCCC/C=C\CCCCCCCC(=O)OCC(COC(=O)CCCCCCC/C=C\CCCCCCCC)(COC(=O)CCCCCCC/C=C\CCCCCCCC)C[N+](C)(C)C. The minimum atomic E-state index is -0.840. The second kappa shape index (κ2) is 50.5. The van der Waals surface area contributed by atoms with Crippen LogP contribution in [0.5, 0.6) is 0 Å². The van der Waals surface area contributed by atoms with E-state index >= 15 is 0 Å². The molecular formula is C62H116NO6+. The molecule has 0 bridgehead atoms. The first-order valence-electron chi connectivity index (χ1n) is 29.8. The fourth-order valence-corrected chi connectivity index (χ4v) is 9.21. The lowest BCUT2D eigenvalue weighted by Crippen LogP contribution is -2.52. The van der Waals surface area contributed by atoms with Gasteiger partial charge in [0, 0.05) is 19.3 Å². The summed E-state index contributed by atoms with van der Waals surface area (Å²) in [7, 11) is 6.22. The molecule has 0 saturated carbocycles. The number of carbonyl (C=O) groups excluding carboxylic acids is 3. The lowest BCUT2D eigenvalue weighted by molar-refractivity contribution is -0.877. The molecule has 0 amide bonds. The van der Waals surface area contributed by atoms with Crippen molar-refractivity contribution in [2.24, 2.45) is 5.41 Å². The summed E-state index contributed by atoms with van der Waals surface area (Å²) in [6.45, 7) is 7.47. The second-order valence-electron chi connectivity index (χ2n) is 21.9. The van der Waals surface area contributed by atoms with E-state index in [4.69, 9.17) is 14.2 Å². The van der Waals surface area contributed by atoms with E-state index in [9.17, 15) is 14.4 Å². The Kier molecular flexibility index (Phi) is 48.8. The number of allylic oxidation sites excluding steroid dienone is 6. The summed E-state index contributed by atoms with van der Waals surface area (Å²) in [5.41, 5.74) is -0.840. The molecule has 0 aliphatic heterocycles. The first kappa shape index (κ1) is 66.6. The molecule has 0 N–H and O–H groups in total. The molecular weight excluding hydrogens is 855 g/mol. The van der Waals surface area contributed by atoms with Crippen molar-refractivity contribution in [1.29, 1.82) is 0 Å². The molecule has 0 aromatic heterocycles. The molecule has 0 heterocycles. The van der Waals surface area contributed by atoms with Crippen LogP contribution in [0.3, 0.4) is 0 Å². The Labute approximate surface area is 429 Å². The average molecular weight is 972 g/mol. The quantitative estimate of drug-likeness (QED) is 0.0199. The summed E-state index contributed by atoms with van der Waals surface area (Å²) in [5, 5.41) is 0. The Bertz CT molecular complexity index is 1100. The fraction of sp³-hybridized carbons (Fsp3) is 0.855. The van der Waals surface area contributed by atoms with Crippen molar-refractivity contribution in [3.05, 3.63) is 36.5 Å². The molecule has 7 heteroatoms. The molecule has 0 aromatic carbocycles. The van der Waals surface area contributed by atoms with Gasteiger partial charge >= 0.3 is 17.9 Å². The number of carbonyl (C=O) groups is 3. The minimum absolute atomic E-state index is 0.0494. The Hall–Kier alpha value is -2.41. The minimum Gasteiger partial charge on any atom is -0.465 e. The van der Waals surface area contributed by atoms with Gasteiger partial charge in [0.2, 0.25) is 0 Å². The monoisotopic (exact) mass is 971 g/mol. The van der Waals surface area contributed by atoms with Crippen LogP contribution in [0.1, 0.15) is 290 Å². The van der Waals surface area contributed by atoms with Crippen molar-refractivity contribution in [2.75, 3.05) is 47.5 Å². The molecule has 69 heavy (non-hydrogen) atoms. The largest absolute Gasteiger partial charge is 0.465 e. The third kappa shape index (κ3) is 50.3. The van der Waals surface area contributed by atoms with Crippen LogP contribution in [0.2, 0.25) is 0 Å². The number of hydrogen-bond donors (Lipinski definition) is 0. The molecule has 0 aromatic rings. The molecule has 0 fully saturated rings. The molecule has 404 valence electrons. The van der Waals surface area contributed by atoms with Gasteiger partial charge in [0.15, 0.2) is 0 Å². The highest BCUT2D eigenvalue weighted by molar-refractivity contribution is 5.70. The standard InChI is InChI=1S/C62H116NO6/c1-7-10-13-16-19-22-25-28-31-34-37-40-43-46-49-52-59(64)67-56-62(55-63(4,5)6,57-68-60(65)53-50-47-44-41-38-35-32-29-26-23-20-17-14-11-8-2)58-69-61(66)54-51-48-45-42-39-36-33-30-27-24-21-18-15-12-9-3/h28-33H,7-27,34-58H2,1-6H3/q+1/b31-28-,32-29-,33-30-. The predicted molar refractivity (Wildman–Crippen MR) is 297 cm³/mol. The van der Waals surface area contributed by atoms with Crippen LogP contribution in [0.15, 0.2) is 36.5 Å². The summed E-state index contributed by atoms with van der Waals surface area (Å²) in [6, 6.07) is 0. The van der Waals surface area contributed by atoms with Gasteiger partial charge in [-0.1, -0.05) is 211 Å². The van der Waals surface area contributed by atoms with Gasteiger partial charge in [0.05, 0.1) is 27.7 Å². The van der Waals surface area contributed by atoms with Crippen LogP contribution >= 0.6 is 0 Å². The van der Waals surface area contributed by atoms with E-state index in [1.807, 2.05) is 0 Å². The Morgan fingerprint density at radius 2 is 0.522 bits per heavy atom. The summed E-state index contributed by atoms with van der Waals surface area (Å²) in [5.74, 6) is -0.715. The van der Waals surface area contributed by atoms with E-state index in [0.717, 1.165) is 77.0 Å². The highest BCUT2D eigenvalue weighted by atomic mass is 16.6. The van der Waals surface area contributed by atoms with Crippen molar-refractivity contribution < 1.29 is 33.1 Å². The first-order chi connectivity index (χ1) is 33.6. The van der Waals surface area contributed by atoms with Crippen LogP contribution in [0, 0.1) is 5.41 Å². The van der Waals surface area contributed by atoms with Gasteiger partial charge < -0.3 is 18.7 Å². The molecule has 0 aliphatic carbocycles. The van der Waals surface area contributed by atoms with Gasteiger partial charge in [-0.15, -0.1) is 0 Å².